The highest BCUT2D eigenvalue weighted by Gasteiger charge is 2.30. The first-order chi connectivity index (χ1) is 13.6. The summed E-state index contributed by atoms with van der Waals surface area (Å²) >= 11 is 1.87. The van der Waals surface area contributed by atoms with Crippen LogP contribution in [0.1, 0.15) is 23.3 Å². The monoisotopic (exact) mass is 403 g/mol. The Bertz CT molecular complexity index is 905. The van der Waals surface area contributed by atoms with Crippen LogP contribution in [-0.2, 0) is 9.59 Å². The summed E-state index contributed by atoms with van der Waals surface area (Å²) in [6, 6.07) is 4.92. The second kappa shape index (κ2) is 8.15. The van der Waals surface area contributed by atoms with E-state index in [4.69, 9.17) is 0 Å². The fourth-order valence-electron chi connectivity index (χ4n) is 2.88. The molecular formula is C17H21N7O3S. The number of carbonyl (C=O) groups excluding carboxylic acids is 3. The molecule has 2 fully saturated rings. The van der Waals surface area contributed by atoms with Gasteiger partial charge in [-0.1, -0.05) is 6.07 Å². The highest BCUT2D eigenvalue weighted by atomic mass is 32.2. The predicted octanol–water partition coefficient (Wildman–Crippen LogP) is -0.112. The summed E-state index contributed by atoms with van der Waals surface area (Å²) in [4.78, 5) is 42.7. The fraction of sp³-hybridized carbons (Fsp3) is 0.471. The maximum atomic E-state index is 12.5. The summed E-state index contributed by atoms with van der Waals surface area (Å²) in [6.45, 7) is 1.96. The number of pyridine rings is 1. The molecule has 0 spiro atoms. The second-order valence-electron chi connectivity index (χ2n) is 6.77. The van der Waals surface area contributed by atoms with Gasteiger partial charge in [0, 0.05) is 30.5 Å². The Morgan fingerprint density at radius 1 is 1.14 bits per heavy atom. The minimum atomic E-state index is -0.516. The molecule has 1 aliphatic heterocycles. The molecule has 1 saturated carbocycles. The van der Waals surface area contributed by atoms with Crippen LogP contribution in [0.25, 0.3) is 5.65 Å². The number of amides is 3. The number of fused-ring (bicyclic) bond motifs is 1. The van der Waals surface area contributed by atoms with Crippen molar-refractivity contribution in [1.29, 1.82) is 0 Å². The molecule has 1 aliphatic carbocycles. The van der Waals surface area contributed by atoms with Crippen LogP contribution in [0.3, 0.4) is 0 Å². The number of hydrazine groups is 1. The predicted molar refractivity (Wildman–Crippen MR) is 104 cm³/mol. The molecule has 3 amide bonds. The minimum absolute atomic E-state index is 0.0306. The van der Waals surface area contributed by atoms with Gasteiger partial charge >= 0.3 is 0 Å². The molecule has 0 bridgehead atoms. The third-order valence-electron chi connectivity index (χ3n) is 4.56. The molecule has 148 valence electrons. The van der Waals surface area contributed by atoms with Crippen LogP contribution in [-0.4, -0.2) is 68.4 Å². The molecule has 0 aromatic carbocycles. The van der Waals surface area contributed by atoms with E-state index in [1.165, 1.54) is 4.52 Å². The van der Waals surface area contributed by atoms with Gasteiger partial charge in [-0.3, -0.25) is 35.5 Å². The van der Waals surface area contributed by atoms with Crippen molar-refractivity contribution in [3.8, 4) is 0 Å². The normalized spacial score (nSPS) is 17.3. The molecule has 0 radical (unpaired) electrons. The lowest BCUT2D eigenvalue weighted by atomic mass is 10.3. The molecule has 1 saturated heterocycles. The minimum Gasteiger partial charge on any atom is -0.293 e. The van der Waals surface area contributed by atoms with Gasteiger partial charge in [0.05, 0.1) is 6.54 Å². The lowest BCUT2D eigenvalue weighted by Gasteiger charge is -2.25. The summed E-state index contributed by atoms with van der Waals surface area (Å²) in [5.41, 5.74) is 5.48. The molecule has 10 nitrogen and oxygen atoms in total. The quantitative estimate of drug-likeness (QED) is 0.596. The fourth-order valence-corrected chi connectivity index (χ4v) is 3.86. The maximum Gasteiger partial charge on any atom is 0.288 e. The van der Waals surface area contributed by atoms with Gasteiger partial charge in [-0.05, 0) is 25.0 Å². The maximum absolute atomic E-state index is 12.5. The molecule has 3 N–H and O–H groups in total. The zero-order valence-electron chi connectivity index (χ0n) is 15.2. The van der Waals surface area contributed by atoms with E-state index in [1.807, 2.05) is 16.7 Å². The SMILES string of the molecule is O=C(CN1CCSCC1)NNC(=O)c1cccc2nc(NC(=O)C3CC3)nn12. The first-order valence-electron chi connectivity index (χ1n) is 9.16. The topological polar surface area (TPSA) is 121 Å². The summed E-state index contributed by atoms with van der Waals surface area (Å²) in [7, 11) is 0. The van der Waals surface area contributed by atoms with E-state index in [-0.39, 0.29) is 35.9 Å². The number of rotatable bonds is 5. The van der Waals surface area contributed by atoms with E-state index in [1.54, 1.807) is 18.2 Å². The van der Waals surface area contributed by atoms with Crippen molar-refractivity contribution >= 4 is 41.1 Å². The Morgan fingerprint density at radius 3 is 2.68 bits per heavy atom. The van der Waals surface area contributed by atoms with Crippen LogP contribution in [0, 0.1) is 5.92 Å². The average molecular weight is 403 g/mol. The summed E-state index contributed by atoms with van der Waals surface area (Å²) < 4.78 is 1.34. The van der Waals surface area contributed by atoms with E-state index < -0.39 is 5.91 Å². The first-order valence-corrected chi connectivity index (χ1v) is 10.3. The van der Waals surface area contributed by atoms with Crippen molar-refractivity contribution in [2.24, 2.45) is 5.92 Å². The van der Waals surface area contributed by atoms with Gasteiger partial charge in [-0.2, -0.15) is 16.7 Å². The summed E-state index contributed by atoms with van der Waals surface area (Å²) in [5.74, 6) is 1.31. The number of thioether (sulfide) groups is 1. The van der Waals surface area contributed by atoms with Crippen molar-refractivity contribution in [2.75, 3.05) is 36.5 Å². The van der Waals surface area contributed by atoms with Crippen molar-refractivity contribution < 1.29 is 14.4 Å². The Balaban J connectivity index is 1.38. The van der Waals surface area contributed by atoms with Crippen LogP contribution in [0.15, 0.2) is 18.2 Å². The lowest BCUT2D eigenvalue weighted by molar-refractivity contribution is -0.123. The molecule has 0 atom stereocenters. The smallest absolute Gasteiger partial charge is 0.288 e. The van der Waals surface area contributed by atoms with Crippen LogP contribution >= 0.6 is 11.8 Å². The van der Waals surface area contributed by atoms with Crippen molar-refractivity contribution in [1.82, 2.24) is 30.3 Å². The van der Waals surface area contributed by atoms with Gasteiger partial charge in [-0.15, -0.1) is 5.10 Å². The van der Waals surface area contributed by atoms with E-state index in [9.17, 15) is 14.4 Å². The van der Waals surface area contributed by atoms with Gasteiger partial charge in [0.15, 0.2) is 5.65 Å². The van der Waals surface area contributed by atoms with Crippen molar-refractivity contribution in [2.45, 2.75) is 12.8 Å². The Morgan fingerprint density at radius 2 is 1.93 bits per heavy atom. The van der Waals surface area contributed by atoms with Gasteiger partial charge in [0.2, 0.25) is 11.9 Å². The molecule has 3 heterocycles. The number of nitrogens with one attached hydrogen (secondary N) is 3. The van der Waals surface area contributed by atoms with Crippen molar-refractivity contribution in [3.63, 3.8) is 0 Å². The number of nitrogens with zero attached hydrogens (tertiary/aromatic N) is 4. The molecule has 11 heteroatoms. The number of hydrogen-bond donors (Lipinski definition) is 3. The molecule has 28 heavy (non-hydrogen) atoms. The Hall–Kier alpha value is -2.66. The molecule has 0 unspecified atom stereocenters. The van der Waals surface area contributed by atoms with E-state index in [2.05, 4.69) is 26.3 Å². The molecule has 2 aromatic rings. The highest BCUT2D eigenvalue weighted by Crippen LogP contribution is 2.29. The van der Waals surface area contributed by atoms with E-state index >= 15 is 0 Å². The zero-order valence-corrected chi connectivity index (χ0v) is 16.0. The molecule has 2 aliphatic rings. The molecule has 2 aromatic heterocycles. The zero-order chi connectivity index (χ0) is 19.5. The van der Waals surface area contributed by atoms with E-state index in [0.29, 0.717) is 5.65 Å². The number of hydrogen-bond acceptors (Lipinski definition) is 7. The van der Waals surface area contributed by atoms with Crippen LogP contribution < -0.4 is 16.2 Å². The second-order valence-corrected chi connectivity index (χ2v) is 8.00. The van der Waals surface area contributed by atoms with Gasteiger partial charge in [-0.25, -0.2) is 4.52 Å². The average Bonchev–Trinajstić information content (AvgIpc) is 3.47. The molecular weight excluding hydrogens is 382 g/mol. The number of anilines is 1. The first kappa shape index (κ1) is 18.7. The number of carbonyl (C=O) groups is 3. The third-order valence-corrected chi connectivity index (χ3v) is 5.50. The van der Waals surface area contributed by atoms with Gasteiger partial charge in [0.1, 0.15) is 5.69 Å². The standard InChI is InChI=1S/C17H21N7O3S/c25-14(10-23-6-8-28-9-7-23)20-21-16(27)12-2-1-3-13-18-17(22-24(12)13)19-15(26)11-4-5-11/h1-3,11H,4-10H2,(H,20,25)(H,21,27)(H,19,22,26). The lowest BCUT2D eigenvalue weighted by Crippen LogP contribution is -2.48. The Kier molecular flexibility index (Phi) is 5.44. The van der Waals surface area contributed by atoms with Gasteiger partial charge < -0.3 is 0 Å². The summed E-state index contributed by atoms with van der Waals surface area (Å²) in [6.07, 6.45) is 1.76. The van der Waals surface area contributed by atoms with Gasteiger partial charge in [0.25, 0.3) is 11.8 Å². The van der Waals surface area contributed by atoms with E-state index in [0.717, 1.165) is 37.4 Å². The highest BCUT2D eigenvalue weighted by molar-refractivity contribution is 7.99. The Labute approximate surface area is 165 Å². The third kappa shape index (κ3) is 4.42. The van der Waals surface area contributed by atoms with Crippen LogP contribution in [0.2, 0.25) is 0 Å². The summed E-state index contributed by atoms with van der Waals surface area (Å²) in [5, 5.41) is 6.86. The largest absolute Gasteiger partial charge is 0.293 e. The van der Waals surface area contributed by atoms with Crippen molar-refractivity contribution in [3.05, 3.63) is 23.9 Å². The number of aromatic nitrogens is 3. The molecule has 4 rings (SSSR count). The van der Waals surface area contributed by atoms with Crippen LogP contribution in [0.4, 0.5) is 5.95 Å². The van der Waals surface area contributed by atoms with Crippen LogP contribution in [0.5, 0.6) is 0 Å².